The van der Waals surface area contributed by atoms with Gasteiger partial charge in [-0.15, -0.1) is 0 Å². The number of carbonyl (C=O) groups is 8. The average Bonchev–Trinajstić information content (AvgIpc) is 3.39. The SMILES string of the molecule is C=C(C)C(=O)OCCOC(=O)CCC(=O)OCC(O)COc1ccc(C(C)(c2ccc(OCC(O)COC(=O)CCC=O)cc2)c2ccc(OCC(O)COC(=O)CCC(=O)OCCOC(=O)C(=C)C)cc2)cc1. The molecule has 0 aliphatic carbocycles. The number of esters is 7. The molecule has 0 radical (unpaired) electrons. The van der Waals surface area contributed by atoms with Crippen LogP contribution in [0.2, 0.25) is 0 Å². The van der Waals surface area contributed by atoms with Crippen LogP contribution < -0.4 is 14.2 Å². The van der Waals surface area contributed by atoms with Crippen molar-refractivity contribution in [3.63, 3.8) is 0 Å². The predicted octanol–water partition coefficient (Wildman–Crippen LogP) is 3.75. The van der Waals surface area contributed by atoms with Crippen molar-refractivity contribution in [3.8, 4) is 17.2 Å². The van der Waals surface area contributed by atoms with Crippen LogP contribution in [0.15, 0.2) is 97.1 Å². The van der Waals surface area contributed by atoms with Crippen molar-refractivity contribution >= 4 is 48.1 Å². The van der Waals surface area contributed by atoms with E-state index in [1.165, 1.54) is 13.8 Å². The number of ether oxygens (including phenoxy) is 10. The van der Waals surface area contributed by atoms with Crippen molar-refractivity contribution < 1.29 is 101 Å². The third-order valence-electron chi connectivity index (χ3n) is 10.3. The van der Waals surface area contributed by atoms with E-state index in [1.807, 2.05) is 43.3 Å². The second-order valence-electron chi connectivity index (χ2n) is 16.6. The summed E-state index contributed by atoms with van der Waals surface area (Å²) in [5, 5.41) is 31.3. The second-order valence-corrected chi connectivity index (χ2v) is 16.6. The van der Waals surface area contributed by atoms with Gasteiger partial charge in [-0.1, -0.05) is 49.6 Å². The van der Waals surface area contributed by atoms with E-state index in [1.54, 1.807) is 36.4 Å². The Morgan fingerprint density at radius 2 is 0.716 bits per heavy atom. The summed E-state index contributed by atoms with van der Waals surface area (Å²) in [6, 6.07) is 21.2. The fourth-order valence-electron chi connectivity index (χ4n) is 6.21. The minimum absolute atomic E-state index is 0.0155. The monoisotopic (exact) mass is 1040 g/mol. The smallest absolute Gasteiger partial charge is 0.333 e. The molecule has 3 atom stereocenters. The zero-order valence-electron chi connectivity index (χ0n) is 41.7. The number of aldehydes is 1. The molecule has 3 aromatic rings. The van der Waals surface area contributed by atoms with Crippen LogP contribution in [-0.4, -0.2) is 148 Å². The summed E-state index contributed by atoms with van der Waals surface area (Å²) in [5.41, 5.74) is 1.96. The molecule has 0 spiro atoms. The Morgan fingerprint density at radius 1 is 0.446 bits per heavy atom. The molecule has 21 heteroatoms. The fraction of sp³-hybridized carbons (Fsp3) is 0.434. The third kappa shape index (κ3) is 22.9. The van der Waals surface area contributed by atoms with Crippen LogP contribution in [-0.2, 0) is 76.9 Å². The van der Waals surface area contributed by atoms with E-state index in [0.29, 0.717) is 23.5 Å². The van der Waals surface area contributed by atoms with E-state index in [-0.39, 0.29) is 103 Å². The molecule has 74 heavy (non-hydrogen) atoms. The standard InChI is InChI=1S/C53H64O21/c1-35(2)51(63)67-27-25-65-47(59)20-22-49(61)73-33-41(56)30-70-44-16-10-38(11-17-44)53(5,37-8-14-43(15-9-37)69-29-40(55)32-72-46(58)7-6-24-54)39-12-18-45(19-13-39)71-31-42(57)34-74-50(62)23-21-48(60)66-26-28-68-52(64)36(3)4/h8-19,24,40-42,55-57H,1,3,6-7,20-23,25-34H2,2,4-5H3. The highest BCUT2D eigenvalue weighted by atomic mass is 16.6. The highest BCUT2D eigenvalue weighted by molar-refractivity contribution is 5.87. The average molecular weight is 1040 g/mol. The maximum Gasteiger partial charge on any atom is 0.333 e. The van der Waals surface area contributed by atoms with Crippen molar-refractivity contribution in [2.24, 2.45) is 0 Å². The molecule has 21 nitrogen and oxygen atoms in total. The van der Waals surface area contributed by atoms with Gasteiger partial charge in [-0.25, -0.2) is 9.59 Å². The van der Waals surface area contributed by atoms with Crippen LogP contribution >= 0.6 is 0 Å². The van der Waals surface area contributed by atoms with E-state index in [2.05, 4.69) is 13.2 Å². The van der Waals surface area contributed by atoms with Gasteiger partial charge in [0.1, 0.15) is 108 Å². The summed E-state index contributed by atoms with van der Waals surface area (Å²) in [4.78, 5) is 93.2. The lowest BCUT2D eigenvalue weighted by Gasteiger charge is -2.32. The first-order chi connectivity index (χ1) is 35.3. The molecule has 0 fully saturated rings. The molecule has 3 rings (SSSR count). The zero-order valence-corrected chi connectivity index (χ0v) is 41.7. The Labute approximate surface area is 428 Å². The quantitative estimate of drug-likeness (QED) is 0.0189. The Hall–Kier alpha value is -7.62. The van der Waals surface area contributed by atoms with Crippen molar-refractivity contribution in [1.82, 2.24) is 0 Å². The molecule has 0 aromatic heterocycles. The van der Waals surface area contributed by atoms with Gasteiger partial charge in [0, 0.05) is 23.0 Å². The summed E-state index contributed by atoms with van der Waals surface area (Å²) in [6.07, 6.45) is -4.18. The van der Waals surface area contributed by atoms with Crippen LogP contribution in [0.3, 0.4) is 0 Å². The molecule has 3 unspecified atom stereocenters. The summed E-state index contributed by atoms with van der Waals surface area (Å²) >= 11 is 0. The van der Waals surface area contributed by atoms with Crippen molar-refractivity contribution in [2.45, 2.75) is 83.0 Å². The van der Waals surface area contributed by atoms with Crippen molar-refractivity contribution in [3.05, 3.63) is 114 Å². The summed E-state index contributed by atoms with van der Waals surface area (Å²) in [6.45, 7) is 9.35. The lowest BCUT2D eigenvalue weighted by atomic mass is 9.71. The van der Waals surface area contributed by atoms with Gasteiger partial charge in [0.15, 0.2) is 0 Å². The van der Waals surface area contributed by atoms with Gasteiger partial charge in [-0.05, 0) is 73.9 Å². The normalized spacial score (nSPS) is 12.7. The molecule has 0 saturated heterocycles. The topological polar surface area (TPSA) is 290 Å². The van der Waals surface area contributed by atoms with E-state index < -0.39 is 78.7 Å². The lowest BCUT2D eigenvalue weighted by Crippen LogP contribution is -2.27. The molecule has 0 bridgehead atoms. The minimum atomic E-state index is -1.21. The summed E-state index contributed by atoms with van der Waals surface area (Å²) < 4.78 is 52.0. The van der Waals surface area contributed by atoms with Crippen LogP contribution in [0.1, 0.15) is 76.0 Å². The predicted molar refractivity (Wildman–Crippen MR) is 259 cm³/mol. The van der Waals surface area contributed by atoms with E-state index in [9.17, 15) is 53.7 Å². The molecule has 0 saturated carbocycles. The van der Waals surface area contributed by atoms with Gasteiger partial charge in [0.2, 0.25) is 0 Å². The molecule has 3 N–H and O–H groups in total. The highest BCUT2D eigenvalue weighted by Crippen LogP contribution is 2.40. The molecule has 0 amide bonds. The summed E-state index contributed by atoms with van der Waals surface area (Å²) in [7, 11) is 0. The van der Waals surface area contributed by atoms with Gasteiger partial charge in [-0.3, -0.25) is 24.0 Å². The van der Waals surface area contributed by atoms with Crippen LogP contribution in [0.4, 0.5) is 0 Å². The largest absolute Gasteiger partial charge is 0.491 e. The molecule has 3 aromatic carbocycles. The number of rotatable bonds is 35. The van der Waals surface area contributed by atoms with Crippen LogP contribution in [0.25, 0.3) is 0 Å². The first-order valence-electron chi connectivity index (χ1n) is 23.4. The molecule has 0 aliphatic heterocycles. The third-order valence-corrected chi connectivity index (χ3v) is 10.3. The van der Waals surface area contributed by atoms with Crippen LogP contribution in [0.5, 0.6) is 17.2 Å². The van der Waals surface area contributed by atoms with Crippen LogP contribution in [0, 0.1) is 0 Å². The Morgan fingerprint density at radius 3 is 1.00 bits per heavy atom. The number of aliphatic hydroxyl groups excluding tert-OH is 3. The number of carbonyl (C=O) groups excluding carboxylic acids is 8. The van der Waals surface area contributed by atoms with Gasteiger partial charge >= 0.3 is 41.8 Å². The maximum atomic E-state index is 12.2. The highest BCUT2D eigenvalue weighted by Gasteiger charge is 2.32. The minimum Gasteiger partial charge on any atom is -0.491 e. The van der Waals surface area contributed by atoms with Gasteiger partial charge < -0.3 is 67.5 Å². The number of aliphatic hydroxyl groups is 3. The molecule has 0 heterocycles. The molecular weight excluding hydrogens is 973 g/mol. The zero-order chi connectivity index (χ0) is 54.5. The lowest BCUT2D eigenvalue weighted by molar-refractivity contribution is -0.154. The molecular formula is C53H64O21. The van der Waals surface area contributed by atoms with Gasteiger partial charge in [-0.2, -0.15) is 0 Å². The first-order valence-corrected chi connectivity index (χ1v) is 23.4. The van der Waals surface area contributed by atoms with E-state index >= 15 is 0 Å². The first kappa shape index (κ1) is 60.7. The second kappa shape index (κ2) is 32.5. The maximum absolute atomic E-state index is 12.2. The Bertz CT molecular complexity index is 2200. The molecule has 0 aliphatic rings. The molecule has 402 valence electrons. The summed E-state index contributed by atoms with van der Waals surface area (Å²) in [5.74, 6) is -3.54. The Balaban J connectivity index is 1.61. The number of hydrogen-bond acceptors (Lipinski definition) is 21. The number of hydrogen-bond donors (Lipinski definition) is 3. The van der Waals surface area contributed by atoms with Gasteiger partial charge in [0.05, 0.1) is 32.1 Å². The van der Waals surface area contributed by atoms with Gasteiger partial charge in [0.25, 0.3) is 0 Å². The number of benzene rings is 3. The van der Waals surface area contributed by atoms with Crippen molar-refractivity contribution in [2.75, 3.05) is 66.1 Å². The van der Waals surface area contributed by atoms with E-state index in [4.69, 9.17) is 47.4 Å². The van der Waals surface area contributed by atoms with E-state index in [0.717, 1.165) is 16.7 Å². The fourth-order valence-corrected chi connectivity index (χ4v) is 6.21. The van der Waals surface area contributed by atoms with Crippen molar-refractivity contribution in [1.29, 1.82) is 0 Å². The Kier molecular flexibility index (Phi) is 26.6.